The van der Waals surface area contributed by atoms with E-state index < -0.39 is 0 Å². The van der Waals surface area contributed by atoms with Crippen molar-refractivity contribution < 1.29 is 0 Å². The molecule has 0 atom stereocenters. The average molecular weight is 199 g/mol. The third-order valence-corrected chi connectivity index (χ3v) is 1.75. The van der Waals surface area contributed by atoms with E-state index in [4.69, 9.17) is 5.53 Å². The van der Waals surface area contributed by atoms with Crippen molar-refractivity contribution in [2.75, 3.05) is 5.32 Å². The van der Waals surface area contributed by atoms with E-state index in [2.05, 4.69) is 25.4 Å². The molecular formula is C9H7N6. The lowest BCUT2D eigenvalue weighted by Gasteiger charge is -2.04. The van der Waals surface area contributed by atoms with Gasteiger partial charge in [-0.25, -0.2) is 15.0 Å². The molecule has 0 saturated carbocycles. The van der Waals surface area contributed by atoms with Crippen LogP contribution in [-0.4, -0.2) is 15.0 Å². The number of anilines is 2. The Morgan fingerprint density at radius 3 is 2.60 bits per heavy atom. The third kappa shape index (κ3) is 2.11. The number of nitrogens with one attached hydrogen (secondary N) is 1. The number of benzene rings is 1. The Balaban J connectivity index is 2.28. The Morgan fingerprint density at radius 2 is 1.87 bits per heavy atom. The predicted molar refractivity (Wildman–Crippen MR) is 53.8 cm³/mol. The van der Waals surface area contributed by atoms with Crippen LogP contribution in [-0.2, 0) is 0 Å². The Bertz CT molecular complexity index is 455. The molecule has 0 spiro atoms. The molecule has 1 radical (unpaired) electrons. The summed E-state index contributed by atoms with van der Waals surface area (Å²) in [5.41, 5.74) is 9.79. The van der Waals surface area contributed by atoms with Gasteiger partial charge < -0.3 is 5.32 Å². The van der Waals surface area contributed by atoms with Crippen LogP contribution < -0.4 is 10.8 Å². The fraction of sp³-hybridized carbons (Fsp3) is 0. The third-order valence-electron chi connectivity index (χ3n) is 1.75. The standard InChI is InChI=1S/C9H7N6/c10-15-8-4-2-1-3-7(8)14-9-12-5-11-6-13-9/h1-6H,(H,11,12,13,14). The van der Waals surface area contributed by atoms with Gasteiger partial charge in [0.15, 0.2) is 0 Å². The molecule has 2 aromatic rings. The number of para-hydroxylation sites is 1. The van der Waals surface area contributed by atoms with Crippen LogP contribution in [0.15, 0.2) is 42.0 Å². The van der Waals surface area contributed by atoms with E-state index in [1.165, 1.54) is 12.7 Å². The van der Waals surface area contributed by atoms with Crippen molar-refractivity contribution in [3.05, 3.63) is 36.9 Å². The van der Waals surface area contributed by atoms with Gasteiger partial charge in [0.25, 0.3) is 0 Å². The monoisotopic (exact) mass is 199 g/mol. The van der Waals surface area contributed by atoms with E-state index in [9.17, 15) is 0 Å². The summed E-state index contributed by atoms with van der Waals surface area (Å²) in [5, 5.41) is 6.04. The van der Waals surface area contributed by atoms with Crippen molar-refractivity contribution in [3.63, 3.8) is 0 Å². The quantitative estimate of drug-likeness (QED) is 0.759. The van der Waals surface area contributed by atoms with Gasteiger partial charge in [-0.2, -0.15) is 0 Å². The summed E-state index contributed by atoms with van der Waals surface area (Å²) in [6.07, 6.45) is 2.77. The maximum Gasteiger partial charge on any atom is 0.230 e. The lowest BCUT2D eigenvalue weighted by Crippen LogP contribution is -1.96. The van der Waals surface area contributed by atoms with Gasteiger partial charge in [-0.05, 0) is 17.7 Å². The number of hydrogen-bond donors (Lipinski definition) is 1. The largest absolute Gasteiger partial charge is 0.322 e. The molecule has 1 aromatic heterocycles. The highest BCUT2D eigenvalue weighted by Gasteiger charge is 2.01. The van der Waals surface area contributed by atoms with Crippen LogP contribution in [0.25, 0.3) is 0 Å². The van der Waals surface area contributed by atoms with Gasteiger partial charge >= 0.3 is 0 Å². The molecule has 1 heterocycles. The van der Waals surface area contributed by atoms with Crippen LogP contribution in [0.4, 0.5) is 17.3 Å². The fourth-order valence-electron chi connectivity index (χ4n) is 1.09. The van der Waals surface area contributed by atoms with Crippen LogP contribution in [0, 0.1) is 0 Å². The van der Waals surface area contributed by atoms with Crippen LogP contribution in [0.3, 0.4) is 0 Å². The van der Waals surface area contributed by atoms with Crippen LogP contribution in [0.2, 0.25) is 0 Å². The van der Waals surface area contributed by atoms with E-state index in [1.54, 1.807) is 18.2 Å². The minimum Gasteiger partial charge on any atom is -0.322 e. The van der Waals surface area contributed by atoms with Crippen molar-refractivity contribution >= 4 is 17.3 Å². The number of nitrogens with zero attached hydrogens (tertiary/aromatic N) is 5. The number of rotatable bonds is 3. The number of aromatic nitrogens is 3. The smallest absolute Gasteiger partial charge is 0.230 e. The lowest BCUT2D eigenvalue weighted by atomic mass is 10.3. The Kier molecular flexibility index (Phi) is 2.59. The summed E-state index contributed by atoms with van der Waals surface area (Å²) in [6, 6.07) is 7.02. The van der Waals surface area contributed by atoms with E-state index in [0.29, 0.717) is 17.3 Å². The van der Waals surface area contributed by atoms with Gasteiger partial charge in [0.1, 0.15) is 18.3 Å². The summed E-state index contributed by atoms with van der Waals surface area (Å²) < 4.78 is 0. The van der Waals surface area contributed by atoms with Gasteiger partial charge in [-0.3, -0.25) is 0 Å². The molecule has 1 aromatic carbocycles. The molecular weight excluding hydrogens is 192 g/mol. The Labute approximate surface area is 85.9 Å². The molecule has 0 bridgehead atoms. The fourth-order valence-corrected chi connectivity index (χ4v) is 1.09. The highest BCUT2D eigenvalue weighted by molar-refractivity contribution is 5.68. The molecule has 0 fully saturated rings. The van der Waals surface area contributed by atoms with Gasteiger partial charge in [-0.15, -0.1) is 5.11 Å². The van der Waals surface area contributed by atoms with Gasteiger partial charge in [0.2, 0.25) is 5.95 Å². The van der Waals surface area contributed by atoms with E-state index in [0.717, 1.165) is 0 Å². The first-order valence-corrected chi connectivity index (χ1v) is 4.23. The number of hydrogen-bond acceptors (Lipinski definition) is 5. The second kappa shape index (κ2) is 4.23. The molecule has 0 unspecified atom stereocenters. The van der Waals surface area contributed by atoms with E-state index in [-0.39, 0.29) is 0 Å². The lowest BCUT2D eigenvalue weighted by molar-refractivity contribution is 1.05. The normalized spacial score (nSPS) is 9.60. The van der Waals surface area contributed by atoms with Crippen molar-refractivity contribution in [1.82, 2.24) is 20.5 Å². The molecule has 15 heavy (non-hydrogen) atoms. The summed E-state index contributed by atoms with van der Waals surface area (Å²) in [5.74, 6) is 0.404. The highest BCUT2D eigenvalue weighted by Crippen LogP contribution is 2.25. The molecule has 1 N–H and O–H groups in total. The zero-order chi connectivity index (χ0) is 10.5. The minimum absolute atomic E-state index is 0.404. The van der Waals surface area contributed by atoms with Crippen molar-refractivity contribution in [2.24, 2.45) is 5.11 Å². The molecule has 0 saturated heterocycles. The molecule has 0 aliphatic rings. The zero-order valence-electron chi connectivity index (χ0n) is 7.70. The van der Waals surface area contributed by atoms with Crippen molar-refractivity contribution in [3.8, 4) is 0 Å². The van der Waals surface area contributed by atoms with Crippen LogP contribution in [0.5, 0.6) is 0 Å². The first kappa shape index (κ1) is 9.20. The van der Waals surface area contributed by atoms with Crippen molar-refractivity contribution in [1.29, 1.82) is 0 Å². The molecule has 2 rings (SSSR count). The topological polar surface area (TPSA) is 85.4 Å². The first-order chi connectivity index (χ1) is 7.40. The van der Waals surface area contributed by atoms with Gasteiger partial charge in [0, 0.05) is 0 Å². The average Bonchev–Trinajstić information content (AvgIpc) is 2.31. The molecule has 73 valence electrons. The summed E-state index contributed by atoms with van der Waals surface area (Å²) >= 11 is 0. The maximum atomic E-state index is 8.73. The van der Waals surface area contributed by atoms with Crippen LogP contribution >= 0.6 is 0 Å². The van der Waals surface area contributed by atoms with Gasteiger partial charge in [0.05, 0.1) is 5.69 Å². The van der Waals surface area contributed by atoms with E-state index in [1.807, 2.05) is 6.07 Å². The van der Waals surface area contributed by atoms with E-state index >= 15 is 0 Å². The minimum atomic E-state index is 0.404. The first-order valence-electron chi connectivity index (χ1n) is 4.23. The van der Waals surface area contributed by atoms with Crippen LogP contribution in [0.1, 0.15) is 0 Å². The highest BCUT2D eigenvalue weighted by atomic mass is 15.1. The Hall–Kier alpha value is -2.37. The van der Waals surface area contributed by atoms with Crippen molar-refractivity contribution in [2.45, 2.75) is 0 Å². The predicted octanol–water partition coefficient (Wildman–Crippen LogP) is 1.50. The SMILES string of the molecule is [N]=Nc1ccccc1Nc1ncncn1. The molecule has 6 heteroatoms. The summed E-state index contributed by atoms with van der Waals surface area (Å²) in [6.45, 7) is 0. The summed E-state index contributed by atoms with van der Waals surface area (Å²) in [4.78, 5) is 11.5. The zero-order valence-corrected chi connectivity index (χ0v) is 7.70. The molecule has 0 aliphatic heterocycles. The molecule has 0 aliphatic carbocycles. The summed E-state index contributed by atoms with van der Waals surface area (Å²) in [7, 11) is 0. The Morgan fingerprint density at radius 1 is 1.13 bits per heavy atom. The second-order valence-corrected chi connectivity index (χ2v) is 2.70. The molecule has 6 nitrogen and oxygen atoms in total. The molecule has 0 amide bonds. The maximum absolute atomic E-state index is 8.73. The second-order valence-electron chi connectivity index (χ2n) is 2.70. The van der Waals surface area contributed by atoms with Gasteiger partial charge in [-0.1, -0.05) is 12.1 Å².